The molecule has 0 saturated carbocycles. The van der Waals surface area contributed by atoms with Crippen molar-refractivity contribution in [3.63, 3.8) is 0 Å². The Morgan fingerprint density at radius 2 is 1.81 bits per heavy atom. The van der Waals surface area contributed by atoms with Crippen LogP contribution in [0.4, 0.5) is 0 Å². The zero-order valence-corrected chi connectivity index (χ0v) is 12.0. The van der Waals surface area contributed by atoms with Crippen LogP contribution in [0.15, 0.2) is 14.4 Å². The minimum atomic E-state index is -0.829. The number of alkyl halides is 3. The zero-order valence-electron chi connectivity index (χ0n) is 8.09. The monoisotopic (exact) mass is 375 g/mol. The smallest absolute Gasteiger partial charge is 0.259 e. The molecule has 1 rings (SSSR count). The molecule has 0 aromatic carbocycles. The Balaban J connectivity index is 3.13. The molecule has 2 unspecified atom stereocenters. The molecule has 0 spiro atoms. The van der Waals surface area contributed by atoms with Crippen molar-refractivity contribution in [2.24, 2.45) is 0 Å². The van der Waals surface area contributed by atoms with Crippen LogP contribution < -0.4 is 17.1 Å². The number of hydrogen-bond donors (Lipinski definition) is 2. The molecule has 0 aliphatic carbocycles. The first-order valence-corrected chi connectivity index (χ1v) is 6.26. The average Bonchev–Trinajstić information content (AvgIpc) is 2.08. The maximum atomic E-state index is 11.3. The fourth-order valence-corrected chi connectivity index (χ4v) is 1.44. The lowest BCUT2D eigenvalue weighted by molar-refractivity contribution is 0.570. The van der Waals surface area contributed by atoms with Gasteiger partial charge in [-0.05, 0) is 6.92 Å². The van der Waals surface area contributed by atoms with E-state index in [0.717, 1.165) is 4.57 Å². The molecule has 90 valence electrons. The van der Waals surface area contributed by atoms with Crippen LogP contribution in [0.3, 0.4) is 0 Å². The summed E-state index contributed by atoms with van der Waals surface area (Å²) in [5, 5.41) is 0. The van der Waals surface area contributed by atoms with Gasteiger partial charge >= 0.3 is 17.1 Å². The highest BCUT2D eigenvalue weighted by Crippen LogP contribution is 2.32. The minimum Gasteiger partial charge on any atom is -0.259 e. The highest BCUT2D eigenvalue weighted by Gasteiger charge is 2.27. The molecule has 0 aliphatic rings. The highest BCUT2D eigenvalue weighted by atomic mass is 79.9. The van der Waals surface area contributed by atoms with Crippen molar-refractivity contribution in [1.29, 1.82) is 0 Å². The lowest BCUT2D eigenvalue weighted by atomic mass is 10.3. The normalized spacial score (nSPS) is 16.8. The second kappa shape index (κ2) is 4.89. The van der Waals surface area contributed by atoms with E-state index in [1.165, 1.54) is 0 Å². The first-order valence-electron chi connectivity index (χ1n) is 4.17. The van der Waals surface area contributed by atoms with E-state index in [2.05, 4.69) is 31.9 Å². The van der Waals surface area contributed by atoms with E-state index in [9.17, 15) is 14.4 Å². The third-order valence-corrected chi connectivity index (χ3v) is 4.72. The summed E-state index contributed by atoms with van der Waals surface area (Å²) in [4.78, 5) is 37.0. The molecule has 16 heavy (non-hydrogen) atoms. The van der Waals surface area contributed by atoms with E-state index in [4.69, 9.17) is 11.6 Å². The number of H-pyrrole nitrogens is 2. The van der Waals surface area contributed by atoms with Gasteiger partial charge in [-0.1, -0.05) is 31.9 Å². The van der Waals surface area contributed by atoms with Crippen molar-refractivity contribution in [1.82, 2.24) is 14.5 Å². The Hall–Kier alpha value is -0.340. The molecule has 0 aliphatic heterocycles. The quantitative estimate of drug-likeness (QED) is 0.745. The number of rotatable bonds is 3. The summed E-state index contributed by atoms with van der Waals surface area (Å²) in [5.41, 5.74) is -2.37. The fourth-order valence-electron chi connectivity index (χ4n) is 0.939. The van der Waals surface area contributed by atoms with E-state index < -0.39 is 20.9 Å². The van der Waals surface area contributed by atoms with Gasteiger partial charge in [0.1, 0.15) is 3.78 Å². The lowest BCUT2D eigenvalue weighted by Crippen LogP contribution is -2.46. The molecule has 1 heterocycles. The Labute approximate surface area is 111 Å². The van der Waals surface area contributed by atoms with E-state index in [1.807, 2.05) is 9.97 Å². The van der Waals surface area contributed by atoms with Gasteiger partial charge in [0.25, 0.3) is 0 Å². The van der Waals surface area contributed by atoms with Crippen LogP contribution in [-0.4, -0.2) is 23.1 Å². The summed E-state index contributed by atoms with van der Waals surface area (Å²) < 4.78 is 0.0394. The molecule has 1 aromatic rings. The topological polar surface area (TPSA) is 87.7 Å². The molecule has 2 atom stereocenters. The minimum absolute atomic E-state index is 0.0240. The largest absolute Gasteiger partial charge is 0.333 e. The molecule has 1 aromatic heterocycles. The van der Waals surface area contributed by atoms with Crippen LogP contribution in [0, 0.1) is 0 Å². The van der Waals surface area contributed by atoms with Crippen molar-refractivity contribution in [3.8, 4) is 0 Å². The first-order chi connectivity index (χ1) is 7.21. The van der Waals surface area contributed by atoms with Crippen LogP contribution in [0.2, 0.25) is 0 Å². The molecule has 0 fully saturated rings. The van der Waals surface area contributed by atoms with Gasteiger partial charge in [-0.15, -0.1) is 11.6 Å². The van der Waals surface area contributed by atoms with E-state index in [0.29, 0.717) is 0 Å². The van der Waals surface area contributed by atoms with E-state index >= 15 is 0 Å². The van der Waals surface area contributed by atoms with Gasteiger partial charge in [-0.3, -0.25) is 9.97 Å². The lowest BCUT2D eigenvalue weighted by Gasteiger charge is -2.20. The Morgan fingerprint density at radius 3 is 2.19 bits per heavy atom. The first kappa shape index (κ1) is 13.7. The zero-order chi connectivity index (χ0) is 12.5. The van der Waals surface area contributed by atoms with Gasteiger partial charge < -0.3 is 0 Å². The summed E-state index contributed by atoms with van der Waals surface area (Å²) in [5.74, 6) is 0. The maximum absolute atomic E-state index is 11.3. The van der Waals surface area contributed by atoms with Crippen molar-refractivity contribution in [3.05, 3.63) is 31.5 Å². The van der Waals surface area contributed by atoms with Crippen LogP contribution in [0.5, 0.6) is 0 Å². The molecule has 6 nitrogen and oxygen atoms in total. The standard InChI is InChI=1S/C7H8Br2ClN3O3/c1-7(9,10)3(8)2-13-5(15)11-4(14)12-6(13)16/h3H,2H2,1H3,(H2,11,12,14,15,16). The Bertz CT molecular complexity index is 507. The van der Waals surface area contributed by atoms with E-state index in [-0.39, 0.29) is 11.4 Å². The van der Waals surface area contributed by atoms with Gasteiger partial charge in [-0.2, -0.15) is 0 Å². The van der Waals surface area contributed by atoms with Crippen LogP contribution in [0.1, 0.15) is 6.92 Å². The third-order valence-electron chi connectivity index (χ3n) is 1.82. The summed E-state index contributed by atoms with van der Waals surface area (Å²) in [6.07, 6.45) is 0. The van der Waals surface area contributed by atoms with Crippen molar-refractivity contribution < 1.29 is 0 Å². The maximum Gasteiger partial charge on any atom is 0.333 e. The summed E-state index contributed by atoms with van der Waals surface area (Å²) in [6.45, 7) is 1.69. The molecule has 0 radical (unpaired) electrons. The van der Waals surface area contributed by atoms with Crippen molar-refractivity contribution >= 4 is 43.5 Å². The molecule has 0 amide bonds. The second-order valence-corrected chi connectivity index (χ2v) is 7.22. The number of aromatic nitrogens is 3. The SMILES string of the molecule is CC(Cl)(Br)C(Br)Cn1c(=O)[nH]c(=O)[nH]c1=O. The fraction of sp³-hybridized carbons (Fsp3) is 0.571. The summed E-state index contributed by atoms with van der Waals surface area (Å²) >= 11 is 12.4. The number of nitrogens with zero attached hydrogens (tertiary/aromatic N) is 1. The molecule has 0 saturated heterocycles. The molecular formula is C7H8Br2ClN3O3. The number of nitrogens with one attached hydrogen (secondary N) is 2. The van der Waals surface area contributed by atoms with Crippen LogP contribution in [0.25, 0.3) is 0 Å². The molecular weight excluding hydrogens is 369 g/mol. The Morgan fingerprint density at radius 1 is 1.38 bits per heavy atom. The van der Waals surface area contributed by atoms with E-state index in [1.54, 1.807) is 6.92 Å². The third kappa shape index (κ3) is 3.33. The predicted octanol–water partition coefficient (Wildman–Crippen LogP) is 0.338. The molecule has 0 bridgehead atoms. The number of aromatic amines is 2. The second-order valence-electron chi connectivity index (χ2n) is 3.22. The number of hydrogen-bond acceptors (Lipinski definition) is 3. The summed E-state index contributed by atoms with van der Waals surface area (Å²) in [6, 6.07) is 0. The number of halogens is 3. The van der Waals surface area contributed by atoms with Crippen LogP contribution >= 0.6 is 43.5 Å². The van der Waals surface area contributed by atoms with Gasteiger partial charge in [0.2, 0.25) is 0 Å². The highest BCUT2D eigenvalue weighted by molar-refractivity contribution is 9.13. The van der Waals surface area contributed by atoms with Gasteiger partial charge in [0.15, 0.2) is 0 Å². The van der Waals surface area contributed by atoms with Gasteiger partial charge in [0, 0.05) is 6.54 Å². The van der Waals surface area contributed by atoms with Gasteiger partial charge in [0.05, 0.1) is 4.83 Å². The van der Waals surface area contributed by atoms with Gasteiger partial charge in [-0.25, -0.2) is 19.0 Å². The molecule has 2 N–H and O–H groups in total. The van der Waals surface area contributed by atoms with Crippen LogP contribution in [-0.2, 0) is 6.54 Å². The van der Waals surface area contributed by atoms with Crippen molar-refractivity contribution in [2.45, 2.75) is 22.1 Å². The summed E-state index contributed by atoms with van der Waals surface area (Å²) in [7, 11) is 0. The van der Waals surface area contributed by atoms with Crippen molar-refractivity contribution in [2.75, 3.05) is 0 Å². The predicted molar refractivity (Wildman–Crippen MR) is 67.8 cm³/mol. The Kier molecular flexibility index (Phi) is 4.19. The molecule has 9 heteroatoms. The average molecular weight is 377 g/mol.